The Morgan fingerprint density at radius 3 is 2.24 bits per heavy atom. The van der Waals surface area contributed by atoms with Gasteiger partial charge >= 0.3 is 12.3 Å². The highest BCUT2D eigenvalue weighted by Gasteiger charge is 2.56. The molecule has 0 aliphatic carbocycles. The molecule has 0 radical (unpaired) electrons. The number of alkyl halides is 3. The Hall–Kier alpha value is -0.980. The van der Waals surface area contributed by atoms with Gasteiger partial charge in [0.2, 0.25) is 0 Å². The second-order valence-electron chi connectivity index (χ2n) is 7.01. The molecule has 2 fully saturated rings. The minimum absolute atomic E-state index is 0.323. The van der Waals surface area contributed by atoms with Crippen LogP contribution in [0, 0.1) is 5.41 Å². The number of carbonyl (C=O) groups excluding carboxylic acids is 1. The third-order valence-corrected chi connectivity index (χ3v) is 4.32. The average Bonchev–Trinajstić information content (AvgIpc) is 2.71. The van der Waals surface area contributed by atoms with Crippen molar-refractivity contribution in [1.82, 2.24) is 10.2 Å². The average molecular weight is 308 g/mol. The zero-order valence-corrected chi connectivity index (χ0v) is 12.7. The van der Waals surface area contributed by atoms with Crippen LogP contribution in [0.1, 0.15) is 40.0 Å². The lowest BCUT2D eigenvalue weighted by molar-refractivity contribution is -0.180. The van der Waals surface area contributed by atoms with E-state index in [9.17, 15) is 18.0 Å². The largest absolute Gasteiger partial charge is 0.444 e. The first-order valence-electron chi connectivity index (χ1n) is 7.32. The highest BCUT2D eigenvalue weighted by atomic mass is 19.4. The summed E-state index contributed by atoms with van der Waals surface area (Å²) in [5.41, 5.74) is -1.35. The molecular formula is C14H23F3N2O2. The predicted octanol–water partition coefficient (Wildman–Crippen LogP) is 2.93. The molecule has 122 valence electrons. The minimum Gasteiger partial charge on any atom is -0.444 e. The maximum absolute atomic E-state index is 13.1. The van der Waals surface area contributed by atoms with E-state index in [1.807, 2.05) is 0 Å². The number of hydrogen-bond donors (Lipinski definition) is 1. The van der Waals surface area contributed by atoms with Crippen molar-refractivity contribution >= 4 is 6.09 Å². The van der Waals surface area contributed by atoms with Gasteiger partial charge in [0.05, 0.1) is 0 Å². The first-order valence-corrected chi connectivity index (χ1v) is 7.32. The summed E-state index contributed by atoms with van der Waals surface area (Å²) in [7, 11) is 0. The monoisotopic (exact) mass is 308 g/mol. The highest BCUT2D eigenvalue weighted by molar-refractivity contribution is 5.68. The number of amides is 1. The van der Waals surface area contributed by atoms with Crippen molar-refractivity contribution in [3.63, 3.8) is 0 Å². The number of hydrogen-bond acceptors (Lipinski definition) is 3. The predicted molar refractivity (Wildman–Crippen MR) is 71.9 cm³/mol. The molecule has 2 aliphatic rings. The van der Waals surface area contributed by atoms with Crippen LogP contribution in [0.25, 0.3) is 0 Å². The number of ether oxygens (including phenoxy) is 1. The van der Waals surface area contributed by atoms with E-state index in [-0.39, 0.29) is 0 Å². The van der Waals surface area contributed by atoms with Gasteiger partial charge in [-0.2, -0.15) is 13.2 Å². The summed E-state index contributed by atoms with van der Waals surface area (Å²) >= 11 is 0. The second kappa shape index (κ2) is 5.34. The van der Waals surface area contributed by atoms with Gasteiger partial charge in [-0.25, -0.2) is 4.79 Å². The Balaban J connectivity index is 1.98. The number of nitrogens with one attached hydrogen (secondary N) is 1. The zero-order valence-electron chi connectivity index (χ0n) is 12.7. The Bertz CT molecular complexity index is 396. The molecule has 0 aromatic carbocycles. The van der Waals surface area contributed by atoms with Gasteiger partial charge in [-0.15, -0.1) is 0 Å². The van der Waals surface area contributed by atoms with Crippen LogP contribution in [-0.4, -0.2) is 48.4 Å². The molecule has 2 saturated heterocycles. The van der Waals surface area contributed by atoms with Gasteiger partial charge in [-0.1, -0.05) is 0 Å². The molecule has 2 heterocycles. The van der Waals surface area contributed by atoms with Crippen molar-refractivity contribution in [3.05, 3.63) is 0 Å². The van der Waals surface area contributed by atoms with E-state index in [1.165, 1.54) is 4.90 Å². The molecule has 1 atom stereocenters. The van der Waals surface area contributed by atoms with Crippen LogP contribution in [0.5, 0.6) is 0 Å². The third kappa shape index (κ3) is 3.62. The van der Waals surface area contributed by atoms with Gasteiger partial charge in [-0.05, 0) is 52.0 Å². The van der Waals surface area contributed by atoms with Crippen LogP contribution in [0.4, 0.5) is 18.0 Å². The van der Waals surface area contributed by atoms with E-state index < -0.39 is 29.3 Å². The molecule has 4 nitrogen and oxygen atoms in total. The molecule has 1 N–H and O–H groups in total. The Labute approximate surface area is 123 Å². The number of rotatable bonds is 0. The van der Waals surface area contributed by atoms with Gasteiger partial charge in [0, 0.05) is 13.1 Å². The first kappa shape index (κ1) is 16.4. The van der Waals surface area contributed by atoms with Crippen molar-refractivity contribution in [2.75, 3.05) is 19.6 Å². The summed E-state index contributed by atoms with van der Waals surface area (Å²) < 4.78 is 44.6. The summed E-state index contributed by atoms with van der Waals surface area (Å²) in [5.74, 6) is 0. The first-order chi connectivity index (χ1) is 9.54. The van der Waals surface area contributed by atoms with Crippen molar-refractivity contribution in [3.8, 4) is 0 Å². The van der Waals surface area contributed by atoms with E-state index in [0.717, 1.165) is 0 Å². The minimum atomic E-state index is -4.23. The standard InChI is InChI=1S/C14H23F3N2O2/c1-12(2,3)21-11(20)19-8-5-13(6-9-19)4-7-18-10(13)14(15,16)17/h10,18H,4-9H2,1-3H3. The Morgan fingerprint density at radius 2 is 1.76 bits per heavy atom. The van der Waals surface area contributed by atoms with Gasteiger partial charge in [0.1, 0.15) is 11.6 Å². The molecule has 1 spiro atoms. The normalized spacial score (nSPS) is 26.2. The molecule has 1 amide bonds. The lowest BCUT2D eigenvalue weighted by Gasteiger charge is -2.43. The van der Waals surface area contributed by atoms with Gasteiger partial charge < -0.3 is 15.0 Å². The number of nitrogens with zero attached hydrogens (tertiary/aromatic N) is 1. The van der Waals surface area contributed by atoms with E-state index in [4.69, 9.17) is 4.74 Å². The van der Waals surface area contributed by atoms with E-state index in [0.29, 0.717) is 38.9 Å². The maximum Gasteiger partial charge on any atom is 0.410 e. The van der Waals surface area contributed by atoms with Crippen LogP contribution < -0.4 is 5.32 Å². The zero-order chi connectivity index (χ0) is 15.9. The van der Waals surface area contributed by atoms with Crippen molar-refractivity contribution < 1.29 is 22.7 Å². The molecule has 0 saturated carbocycles. The van der Waals surface area contributed by atoms with E-state index in [2.05, 4.69) is 5.32 Å². The van der Waals surface area contributed by atoms with Crippen LogP contribution in [0.3, 0.4) is 0 Å². The van der Waals surface area contributed by atoms with Crippen LogP contribution in [0.2, 0.25) is 0 Å². The van der Waals surface area contributed by atoms with E-state index >= 15 is 0 Å². The van der Waals surface area contributed by atoms with Crippen molar-refractivity contribution in [2.45, 2.75) is 57.9 Å². The van der Waals surface area contributed by atoms with Crippen molar-refractivity contribution in [2.24, 2.45) is 5.41 Å². The molecule has 7 heteroatoms. The Kier molecular flexibility index (Phi) is 4.17. The lowest BCUT2D eigenvalue weighted by atomic mass is 9.72. The highest BCUT2D eigenvalue weighted by Crippen LogP contribution is 2.47. The molecular weight excluding hydrogens is 285 g/mol. The third-order valence-electron chi connectivity index (χ3n) is 4.32. The smallest absolute Gasteiger partial charge is 0.410 e. The number of carbonyl (C=O) groups is 1. The molecule has 0 bridgehead atoms. The van der Waals surface area contributed by atoms with Crippen LogP contribution >= 0.6 is 0 Å². The van der Waals surface area contributed by atoms with Crippen molar-refractivity contribution in [1.29, 1.82) is 0 Å². The topological polar surface area (TPSA) is 41.6 Å². The van der Waals surface area contributed by atoms with Crippen LogP contribution in [0.15, 0.2) is 0 Å². The van der Waals surface area contributed by atoms with E-state index in [1.54, 1.807) is 20.8 Å². The summed E-state index contributed by atoms with van der Waals surface area (Å²) in [6.45, 7) is 6.35. The maximum atomic E-state index is 13.1. The summed E-state index contributed by atoms with van der Waals surface area (Å²) in [5, 5.41) is 2.58. The molecule has 2 aliphatic heterocycles. The fourth-order valence-electron chi connectivity index (χ4n) is 3.29. The summed E-state index contributed by atoms with van der Waals surface area (Å²) in [6.07, 6.45) is -3.43. The number of piperidine rings is 1. The van der Waals surface area contributed by atoms with Gasteiger partial charge in [0.25, 0.3) is 0 Å². The molecule has 0 aromatic rings. The fraction of sp³-hybridized carbons (Fsp3) is 0.929. The number of likely N-dealkylation sites (tertiary alicyclic amines) is 1. The molecule has 1 unspecified atom stereocenters. The Morgan fingerprint density at radius 1 is 1.19 bits per heavy atom. The summed E-state index contributed by atoms with van der Waals surface area (Å²) in [4.78, 5) is 13.5. The lowest BCUT2D eigenvalue weighted by Crippen LogP contribution is -2.54. The van der Waals surface area contributed by atoms with Gasteiger partial charge in [0.15, 0.2) is 0 Å². The van der Waals surface area contributed by atoms with Gasteiger partial charge in [-0.3, -0.25) is 0 Å². The fourth-order valence-corrected chi connectivity index (χ4v) is 3.29. The molecule has 21 heavy (non-hydrogen) atoms. The molecule has 0 aromatic heterocycles. The number of halogens is 3. The summed E-state index contributed by atoms with van der Waals surface area (Å²) in [6, 6.07) is -1.45. The molecule has 2 rings (SSSR count). The van der Waals surface area contributed by atoms with Crippen LogP contribution in [-0.2, 0) is 4.74 Å². The SMILES string of the molecule is CC(C)(C)OC(=O)N1CCC2(CCNC2C(F)(F)F)CC1. The second-order valence-corrected chi connectivity index (χ2v) is 7.01. The quantitative estimate of drug-likeness (QED) is 0.748.